The number of carbonyl (C=O) groups is 1. The van der Waals surface area contributed by atoms with Crippen LogP contribution < -0.4 is 4.74 Å². The van der Waals surface area contributed by atoms with E-state index < -0.39 is 5.97 Å². The van der Waals surface area contributed by atoms with Crippen molar-refractivity contribution in [1.82, 2.24) is 0 Å². The summed E-state index contributed by atoms with van der Waals surface area (Å²) in [5, 5.41) is 5.63. The molecule has 4 rings (SSSR count). The van der Waals surface area contributed by atoms with Crippen molar-refractivity contribution in [3.05, 3.63) is 104 Å². The molecule has 0 saturated carbocycles. The number of hydrogen-bond acceptors (Lipinski definition) is 4. The first-order valence-corrected chi connectivity index (χ1v) is 10.1. The molecule has 150 valence electrons. The first-order valence-electron chi connectivity index (χ1n) is 8.94. The number of halogens is 3. The van der Waals surface area contributed by atoms with Crippen molar-refractivity contribution in [3.8, 4) is 5.75 Å². The Hall–Kier alpha value is -2.79. The van der Waals surface area contributed by atoms with Crippen LogP contribution in [0, 0.1) is 0 Å². The van der Waals surface area contributed by atoms with E-state index in [4.69, 9.17) is 44.4 Å². The minimum Gasteiger partial charge on any atom is -0.489 e. The number of hydrogen-bond donors (Lipinski definition) is 0. The predicted molar refractivity (Wildman–Crippen MR) is 119 cm³/mol. The van der Waals surface area contributed by atoms with Crippen LogP contribution in [0.4, 0.5) is 0 Å². The summed E-state index contributed by atoms with van der Waals surface area (Å²) in [5.74, 6) is 0.168. The van der Waals surface area contributed by atoms with Gasteiger partial charge < -0.3 is 9.57 Å². The lowest BCUT2D eigenvalue weighted by Crippen LogP contribution is -2.06. The molecule has 0 spiro atoms. The number of carbonyl (C=O) groups excluding carboxylic acids is 1. The highest BCUT2D eigenvalue weighted by atomic mass is 35.5. The minimum absolute atomic E-state index is 0.316. The van der Waals surface area contributed by atoms with Crippen LogP contribution in [0.1, 0.15) is 16.7 Å². The fourth-order valence-electron chi connectivity index (χ4n) is 2.85. The summed E-state index contributed by atoms with van der Waals surface area (Å²) in [6, 6.07) is 19.6. The zero-order chi connectivity index (χ0) is 21.1. The van der Waals surface area contributed by atoms with Gasteiger partial charge in [-0.25, -0.2) is 4.79 Å². The molecule has 30 heavy (non-hydrogen) atoms. The summed E-state index contributed by atoms with van der Waals surface area (Å²) in [4.78, 5) is 17.0. The molecule has 7 heteroatoms. The fraction of sp³-hybridized carbons (Fsp3) is 0.0435. The number of nitrogens with zero attached hydrogens (tertiary/aromatic N) is 1. The quantitative estimate of drug-likeness (QED) is 0.321. The number of rotatable bonds is 5. The van der Waals surface area contributed by atoms with E-state index in [1.165, 1.54) is 0 Å². The van der Waals surface area contributed by atoms with Crippen molar-refractivity contribution in [2.45, 2.75) is 6.61 Å². The fourth-order valence-corrected chi connectivity index (χ4v) is 3.44. The van der Waals surface area contributed by atoms with E-state index in [-0.39, 0.29) is 0 Å². The van der Waals surface area contributed by atoms with Gasteiger partial charge in [-0.15, -0.1) is 0 Å². The molecule has 0 amide bonds. The summed E-state index contributed by atoms with van der Waals surface area (Å²) in [6.07, 6.45) is 1.72. The molecule has 0 atom stereocenters. The van der Waals surface area contributed by atoms with Gasteiger partial charge in [-0.1, -0.05) is 70.3 Å². The van der Waals surface area contributed by atoms with Crippen LogP contribution in [0.5, 0.6) is 5.75 Å². The summed E-state index contributed by atoms with van der Waals surface area (Å²) in [5.41, 5.74) is 3.23. The van der Waals surface area contributed by atoms with Gasteiger partial charge in [0, 0.05) is 26.2 Å². The zero-order valence-electron chi connectivity index (χ0n) is 15.4. The molecule has 1 heterocycles. The molecule has 0 saturated heterocycles. The lowest BCUT2D eigenvalue weighted by atomic mass is 10.0. The van der Waals surface area contributed by atoms with Gasteiger partial charge in [-0.2, -0.15) is 0 Å². The normalized spacial score (nSPS) is 14.6. The predicted octanol–water partition coefficient (Wildman–Crippen LogP) is 6.57. The minimum atomic E-state index is -0.502. The molecule has 0 radical (unpaired) electrons. The number of ether oxygens (including phenoxy) is 1. The van der Waals surface area contributed by atoms with Gasteiger partial charge in [0.15, 0.2) is 0 Å². The summed E-state index contributed by atoms with van der Waals surface area (Å²) >= 11 is 18.0. The van der Waals surface area contributed by atoms with E-state index in [0.717, 1.165) is 16.7 Å². The Labute approximate surface area is 188 Å². The van der Waals surface area contributed by atoms with Crippen molar-refractivity contribution in [2.24, 2.45) is 5.16 Å². The molecule has 0 aliphatic carbocycles. The van der Waals surface area contributed by atoms with Gasteiger partial charge in [0.1, 0.15) is 18.1 Å². The first kappa shape index (κ1) is 20.5. The summed E-state index contributed by atoms with van der Waals surface area (Å²) in [6.45, 7) is 0.316. The van der Waals surface area contributed by atoms with Gasteiger partial charge in [-0.05, 0) is 48.0 Å². The molecule has 0 aromatic heterocycles. The zero-order valence-corrected chi connectivity index (χ0v) is 17.7. The van der Waals surface area contributed by atoms with Crippen molar-refractivity contribution in [3.63, 3.8) is 0 Å². The summed E-state index contributed by atoms with van der Waals surface area (Å²) in [7, 11) is 0. The number of benzene rings is 3. The van der Waals surface area contributed by atoms with Crippen LogP contribution in [0.15, 0.2) is 77.5 Å². The molecule has 0 unspecified atom stereocenters. The van der Waals surface area contributed by atoms with Gasteiger partial charge in [-0.3, -0.25) is 0 Å². The SMILES string of the molecule is O=C1ON=C(c2ccc(Cl)cc2)/C1=C/c1ccc(OCc2ccc(Cl)cc2Cl)cc1. The molecule has 0 bridgehead atoms. The van der Waals surface area contributed by atoms with E-state index >= 15 is 0 Å². The Morgan fingerprint density at radius 1 is 0.900 bits per heavy atom. The molecule has 3 aromatic carbocycles. The average Bonchev–Trinajstić information content (AvgIpc) is 3.09. The van der Waals surface area contributed by atoms with E-state index in [9.17, 15) is 4.79 Å². The molecule has 1 aliphatic heterocycles. The third-order valence-corrected chi connectivity index (χ3v) is 5.25. The second-order valence-corrected chi connectivity index (χ2v) is 7.76. The monoisotopic (exact) mass is 457 g/mol. The first-order chi connectivity index (χ1) is 14.5. The Morgan fingerprint density at radius 3 is 2.30 bits per heavy atom. The molecule has 0 fully saturated rings. The Bertz CT molecular complexity index is 1150. The standard InChI is InChI=1S/C23H14Cl3NO3/c24-17-6-3-15(4-7-17)22-20(23(28)30-27-22)11-14-1-9-19(10-2-14)29-13-16-5-8-18(25)12-21(16)26/h1-12H,13H2/b20-11-. The van der Waals surface area contributed by atoms with Gasteiger partial charge in [0.2, 0.25) is 0 Å². The molecule has 4 nitrogen and oxygen atoms in total. The highest BCUT2D eigenvalue weighted by molar-refractivity contribution is 6.35. The smallest absolute Gasteiger partial charge is 0.368 e. The third-order valence-electron chi connectivity index (χ3n) is 4.41. The van der Waals surface area contributed by atoms with Crippen LogP contribution in [0.3, 0.4) is 0 Å². The maximum atomic E-state index is 12.1. The van der Waals surface area contributed by atoms with E-state index in [2.05, 4.69) is 5.16 Å². The topological polar surface area (TPSA) is 47.9 Å². The van der Waals surface area contributed by atoms with Crippen LogP contribution in [0.2, 0.25) is 15.1 Å². The second-order valence-electron chi connectivity index (χ2n) is 6.48. The third kappa shape index (κ3) is 4.68. The molecular formula is C23H14Cl3NO3. The maximum absolute atomic E-state index is 12.1. The molecular weight excluding hydrogens is 445 g/mol. The Kier molecular flexibility index (Phi) is 6.09. The average molecular weight is 459 g/mol. The highest BCUT2D eigenvalue weighted by Crippen LogP contribution is 2.25. The lowest BCUT2D eigenvalue weighted by Gasteiger charge is -2.08. The van der Waals surface area contributed by atoms with E-state index in [1.807, 2.05) is 30.3 Å². The maximum Gasteiger partial charge on any atom is 0.368 e. The van der Waals surface area contributed by atoms with Crippen LogP contribution in [-0.4, -0.2) is 11.7 Å². The highest BCUT2D eigenvalue weighted by Gasteiger charge is 2.26. The summed E-state index contributed by atoms with van der Waals surface area (Å²) < 4.78 is 5.78. The molecule has 1 aliphatic rings. The van der Waals surface area contributed by atoms with E-state index in [1.54, 1.807) is 42.5 Å². The van der Waals surface area contributed by atoms with Crippen molar-refractivity contribution in [1.29, 1.82) is 0 Å². The van der Waals surface area contributed by atoms with Crippen LogP contribution in [0.25, 0.3) is 6.08 Å². The van der Waals surface area contributed by atoms with E-state index in [0.29, 0.717) is 38.7 Å². The van der Waals surface area contributed by atoms with Crippen molar-refractivity contribution in [2.75, 3.05) is 0 Å². The van der Waals surface area contributed by atoms with Crippen molar-refractivity contribution >= 4 is 52.6 Å². The van der Waals surface area contributed by atoms with Gasteiger partial charge in [0.25, 0.3) is 0 Å². The van der Waals surface area contributed by atoms with Gasteiger partial charge >= 0.3 is 5.97 Å². The second kappa shape index (κ2) is 8.92. The van der Waals surface area contributed by atoms with Gasteiger partial charge in [0.05, 0.1) is 5.57 Å². The Balaban J connectivity index is 1.49. The van der Waals surface area contributed by atoms with Crippen LogP contribution >= 0.6 is 34.8 Å². The lowest BCUT2D eigenvalue weighted by molar-refractivity contribution is -0.136. The molecule has 0 N–H and O–H groups in total. The van der Waals surface area contributed by atoms with Crippen LogP contribution in [-0.2, 0) is 16.2 Å². The number of oxime groups is 1. The molecule has 3 aromatic rings. The largest absolute Gasteiger partial charge is 0.489 e. The van der Waals surface area contributed by atoms with Crippen molar-refractivity contribution < 1.29 is 14.4 Å². The Morgan fingerprint density at radius 2 is 1.60 bits per heavy atom.